The second kappa shape index (κ2) is 5.42. The molecule has 2 aromatic carbocycles. The van der Waals surface area contributed by atoms with Gasteiger partial charge in [-0.1, -0.05) is 18.2 Å². The van der Waals surface area contributed by atoms with Crippen LogP contribution in [0.5, 0.6) is 5.75 Å². The van der Waals surface area contributed by atoms with Gasteiger partial charge in [0.1, 0.15) is 23.5 Å². The van der Waals surface area contributed by atoms with Crippen LogP contribution in [0.25, 0.3) is 0 Å². The van der Waals surface area contributed by atoms with Crippen molar-refractivity contribution in [2.45, 2.75) is 17.0 Å². The van der Waals surface area contributed by atoms with Crippen molar-refractivity contribution < 1.29 is 13.5 Å². The third-order valence-corrected chi connectivity index (χ3v) is 4.41. The van der Waals surface area contributed by atoms with Crippen LogP contribution >= 0.6 is 11.8 Å². The van der Waals surface area contributed by atoms with E-state index >= 15 is 0 Å². The Bertz CT molecular complexity index is 615. The minimum absolute atomic E-state index is 0.113. The Labute approximate surface area is 119 Å². The van der Waals surface area contributed by atoms with E-state index in [0.29, 0.717) is 11.5 Å². The molecule has 2 unspecified atom stereocenters. The summed E-state index contributed by atoms with van der Waals surface area (Å²) in [4.78, 5) is 1.02. The van der Waals surface area contributed by atoms with Gasteiger partial charge in [-0.3, -0.25) is 0 Å². The molecule has 0 radical (unpaired) electrons. The summed E-state index contributed by atoms with van der Waals surface area (Å²) in [5.74, 6) is 0.00208. The normalized spacial score (nSPS) is 19.1. The molecule has 2 N–H and O–H groups in total. The van der Waals surface area contributed by atoms with Crippen molar-refractivity contribution in [1.29, 1.82) is 0 Å². The van der Waals surface area contributed by atoms with Crippen molar-refractivity contribution in [3.05, 3.63) is 59.7 Å². The minimum Gasteiger partial charge on any atom is -0.486 e. The predicted octanol–water partition coefficient (Wildman–Crippen LogP) is 3.52. The van der Waals surface area contributed by atoms with Gasteiger partial charge < -0.3 is 10.5 Å². The number of halogens is 2. The summed E-state index contributed by atoms with van der Waals surface area (Å²) in [5.41, 5.74) is 5.90. The lowest BCUT2D eigenvalue weighted by molar-refractivity contribution is 0.181. The monoisotopic (exact) mass is 293 g/mol. The molecule has 0 saturated carbocycles. The maximum Gasteiger partial charge on any atom is 0.133 e. The first kappa shape index (κ1) is 13.4. The Morgan fingerprint density at radius 2 is 1.80 bits per heavy atom. The smallest absolute Gasteiger partial charge is 0.133 e. The number of hydrogen-bond donors (Lipinski definition) is 1. The van der Waals surface area contributed by atoms with Crippen LogP contribution in [-0.4, -0.2) is 11.9 Å². The average Bonchev–Trinajstić information content (AvgIpc) is 2.46. The second-order valence-electron chi connectivity index (χ2n) is 4.58. The quantitative estimate of drug-likeness (QED) is 0.920. The van der Waals surface area contributed by atoms with E-state index in [9.17, 15) is 8.78 Å². The van der Waals surface area contributed by atoms with E-state index in [4.69, 9.17) is 10.5 Å². The molecule has 1 heterocycles. The molecule has 1 aliphatic rings. The molecule has 104 valence electrons. The van der Waals surface area contributed by atoms with E-state index in [2.05, 4.69) is 0 Å². The third kappa shape index (κ3) is 2.39. The van der Waals surface area contributed by atoms with Crippen molar-refractivity contribution in [2.75, 3.05) is 5.75 Å². The Hall–Kier alpha value is -1.59. The highest BCUT2D eigenvalue weighted by molar-refractivity contribution is 7.99. The summed E-state index contributed by atoms with van der Waals surface area (Å²) in [6.45, 7) is 0. The highest BCUT2D eigenvalue weighted by Crippen LogP contribution is 2.38. The van der Waals surface area contributed by atoms with E-state index in [1.807, 2.05) is 24.3 Å². The molecule has 1 aliphatic heterocycles. The standard InChI is InChI=1S/C15H13F2NOS/c16-9-4-3-5-10(17)14(9)15(18)12-8-20-13-7-2-1-6-11(13)19-12/h1-7,12,15H,8,18H2. The van der Waals surface area contributed by atoms with E-state index in [0.717, 1.165) is 4.90 Å². The van der Waals surface area contributed by atoms with Gasteiger partial charge in [-0.25, -0.2) is 8.78 Å². The molecule has 2 atom stereocenters. The Balaban J connectivity index is 1.88. The zero-order chi connectivity index (χ0) is 14.1. The molecular formula is C15H13F2NOS. The molecule has 0 aromatic heterocycles. The summed E-state index contributed by atoms with van der Waals surface area (Å²) in [5, 5.41) is 0. The van der Waals surface area contributed by atoms with Crippen LogP contribution in [0, 0.1) is 11.6 Å². The van der Waals surface area contributed by atoms with E-state index in [1.165, 1.54) is 18.2 Å². The summed E-state index contributed by atoms with van der Waals surface area (Å²) in [7, 11) is 0. The van der Waals surface area contributed by atoms with Gasteiger partial charge in [0.25, 0.3) is 0 Å². The lowest BCUT2D eigenvalue weighted by atomic mass is 10.0. The molecule has 2 aromatic rings. The second-order valence-corrected chi connectivity index (χ2v) is 5.64. The largest absolute Gasteiger partial charge is 0.486 e. The maximum absolute atomic E-state index is 13.8. The minimum atomic E-state index is -0.836. The van der Waals surface area contributed by atoms with Crippen LogP contribution in [0.3, 0.4) is 0 Å². The lowest BCUT2D eigenvalue weighted by Crippen LogP contribution is -2.36. The van der Waals surface area contributed by atoms with Crippen molar-refractivity contribution in [3.8, 4) is 5.75 Å². The number of para-hydroxylation sites is 1. The van der Waals surface area contributed by atoms with Gasteiger partial charge >= 0.3 is 0 Å². The molecule has 5 heteroatoms. The summed E-state index contributed by atoms with van der Waals surface area (Å²) < 4.78 is 33.3. The third-order valence-electron chi connectivity index (χ3n) is 3.26. The number of benzene rings is 2. The van der Waals surface area contributed by atoms with Crippen LogP contribution in [0.1, 0.15) is 11.6 Å². The zero-order valence-corrected chi connectivity index (χ0v) is 11.4. The molecule has 3 rings (SSSR count). The van der Waals surface area contributed by atoms with E-state index in [-0.39, 0.29) is 5.56 Å². The highest BCUT2D eigenvalue weighted by atomic mass is 32.2. The van der Waals surface area contributed by atoms with Crippen molar-refractivity contribution in [3.63, 3.8) is 0 Å². The summed E-state index contributed by atoms with van der Waals surface area (Å²) in [6, 6.07) is 10.5. The van der Waals surface area contributed by atoms with Crippen LogP contribution in [0.15, 0.2) is 47.4 Å². The van der Waals surface area contributed by atoms with Gasteiger partial charge in [-0.15, -0.1) is 11.8 Å². The summed E-state index contributed by atoms with van der Waals surface area (Å²) >= 11 is 1.58. The lowest BCUT2D eigenvalue weighted by Gasteiger charge is -2.30. The Kier molecular flexibility index (Phi) is 3.63. The molecule has 0 fully saturated rings. The highest BCUT2D eigenvalue weighted by Gasteiger charge is 2.30. The van der Waals surface area contributed by atoms with Gasteiger partial charge in [0.2, 0.25) is 0 Å². The topological polar surface area (TPSA) is 35.2 Å². The predicted molar refractivity (Wildman–Crippen MR) is 74.9 cm³/mol. The van der Waals surface area contributed by atoms with Gasteiger partial charge in [0.05, 0.1) is 6.04 Å². The van der Waals surface area contributed by atoms with Crippen molar-refractivity contribution in [1.82, 2.24) is 0 Å². The van der Waals surface area contributed by atoms with Crippen LogP contribution in [0.2, 0.25) is 0 Å². The van der Waals surface area contributed by atoms with Gasteiger partial charge in [0, 0.05) is 16.2 Å². The van der Waals surface area contributed by atoms with Crippen molar-refractivity contribution >= 4 is 11.8 Å². The fraction of sp³-hybridized carbons (Fsp3) is 0.200. The van der Waals surface area contributed by atoms with Crippen LogP contribution < -0.4 is 10.5 Å². The number of thioether (sulfide) groups is 1. The first-order chi connectivity index (χ1) is 9.66. The molecule has 0 bridgehead atoms. The number of nitrogens with two attached hydrogens (primary N) is 1. The molecule has 2 nitrogen and oxygen atoms in total. The van der Waals surface area contributed by atoms with Crippen molar-refractivity contribution in [2.24, 2.45) is 5.73 Å². The average molecular weight is 293 g/mol. The number of fused-ring (bicyclic) bond motifs is 1. The Morgan fingerprint density at radius 3 is 2.55 bits per heavy atom. The van der Waals surface area contributed by atoms with E-state index < -0.39 is 23.8 Å². The summed E-state index contributed by atoms with van der Waals surface area (Å²) in [6.07, 6.45) is -0.457. The number of ether oxygens (including phenoxy) is 1. The number of hydrogen-bond acceptors (Lipinski definition) is 3. The number of rotatable bonds is 2. The van der Waals surface area contributed by atoms with Crippen LogP contribution in [-0.2, 0) is 0 Å². The van der Waals surface area contributed by atoms with Gasteiger partial charge in [-0.2, -0.15) is 0 Å². The van der Waals surface area contributed by atoms with E-state index in [1.54, 1.807) is 11.8 Å². The molecular weight excluding hydrogens is 280 g/mol. The molecule has 0 saturated heterocycles. The molecule has 0 aliphatic carbocycles. The van der Waals surface area contributed by atoms with Gasteiger partial charge in [-0.05, 0) is 24.3 Å². The SMILES string of the molecule is NC(c1c(F)cccc1F)C1CSc2ccccc2O1. The molecule has 20 heavy (non-hydrogen) atoms. The Morgan fingerprint density at radius 1 is 1.10 bits per heavy atom. The maximum atomic E-state index is 13.8. The fourth-order valence-corrected chi connectivity index (χ4v) is 3.28. The molecule has 0 spiro atoms. The first-order valence-electron chi connectivity index (χ1n) is 6.25. The van der Waals surface area contributed by atoms with Crippen LogP contribution in [0.4, 0.5) is 8.78 Å². The molecule has 0 amide bonds. The first-order valence-corrected chi connectivity index (χ1v) is 7.23. The van der Waals surface area contributed by atoms with Gasteiger partial charge in [0.15, 0.2) is 0 Å². The zero-order valence-electron chi connectivity index (χ0n) is 10.6. The fourth-order valence-electron chi connectivity index (χ4n) is 2.23.